The van der Waals surface area contributed by atoms with Crippen molar-refractivity contribution in [2.45, 2.75) is 31.9 Å². The first-order valence-electron chi connectivity index (χ1n) is 9.46. The van der Waals surface area contributed by atoms with Crippen molar-refractivity contribution in [3.8, 4) is 0 Å². The highest BCUT2D eigenvalue weighted by molar-refractivity contribution is 5.74. The minimum Gasteiger partial charge on any atom is -0.375 e. The van der Waals surface area contributed by atoms with Gasteiger partial charge in [0.05, 0.1) is 13.2 Å². The molecule has 0 bridgehead atoms. The summed E-state index contributed by atoms with van der Waals surface area (Å²) in [5.74, 6) is 0.364. The van der Waals surface area contributed by atoms with Gasteiger partial charge in [-0.3, -0.25) is 0 Å². The van der Waals surface area contributed by atoms with Crippen LogP contribution < -0.4 is 15.5 Å². The van der Waals surface area contributed by atoms with E-state index in [1.165, 1.54) is 29.3 Å². The van der Waals surface area contributed by atoms with Gasteiger partial charge in [-0.15, -0.1) is 0 Å². The van der Waals surface area contributed by atoms with Crippen molar-refractivity contribution in [3.05, 3.63) is 52.8 Å². The van der Waals surface area contributed by atoms with Gasteiger partial charge in [-0.2, -0.15) is 0 Å². The summed E-state index contributed by atoms with van der Waals surface area (Å²) in [7, 11) is 0. The summed E-state index contributed by atoms with van der Waals surface area (Å²) in [4.78, 5) is 2.58. The topological polar surface area (TPSA) is 36.5 Å². The molecule has 0 aromatic heterocycles. The monoisotopic (exact) mass is 353 g/mol. The Morgan fingerprint density at radius 2 is 2.15 bits per heavy atom. The highest BCUT2D eigenvalue weighted by Crippen LogP contribution is 2.47. The molecule has 3 aliphatic heterocycles. The molecule has 2 N–H and O–H groups in total. The molecule has 1 fully saturated rings. The molecule has 5 rings (SSSR count). The Kier molecular flexibility index (Phi) is 3.87. The van der Waals surface area contributed by atoms with E-state index in [1.807, 2.05) is 6.07 Å². The first-order chi connectivity index (χ1) is 12.7. The predicted molar refractivity (Wildman–Crippen MR) is 102 cm³/mol. The molecule has 3 aliphatic rings. The van der Waals surface area contributed by atoms with Crippen LogP contribution in [0.5, 0.6) is 0 Å². The first-order valence-corrected chi connectivity index (χ1v) is 9.46. The number of hydrogen-bond acceptors (Lipinski definition) is 4. The Bertz CT molecular complexity index is 853. The molecule has 0 unspecified atom stereocenters. The summed E-state index contributed by atoms with van der Waals surface area (Å²) < 4.78 is 19.4. The van der Waals surface area contributed by atoms with Crippen LogP contribution in [0.25, 0.3) is 0 Å². The second-order valence-electron chi connectivity index (χ2n) is 7.57. The molecular formula is C21H24FN3O. The summed E-state index contributed by atoms with van der Waals surface area (Å²) in [5.41, 5.74) is 6.70. The normalized spacial score (nSPS) is 24.0. The van der Waals surface area contributed by atoms with Gasteiger partial charge in [0.25, 0.3) is 0 Å². The van der Waals surface area contributed by atoms with E-state index in [-0.39, 0.29) is 5.82 Å². The van der Waals surface area contributed by atoms with Gasteiger partial charge in [-0.25, -0.2) is 4.39 Å². The van der Waals surface area contributed by atoms with Gasteiger partial charge < -0.3 is 20.3 Å². The fourth-order valence-electron chi connectivity index (χ4n) is 4.75. The van der Waals surface area contributed by atoms with E-state index in [0.717, 1.165) is 37.6 Å². The van der Waals surface area contributed by atoms with Crippen LogP contribution in [-0.4, -0.2) is 32.3 Å². The maximum absolute atomic E-state index is 13.6. The number of ether oxygens (including phenoxy) is 1. The number of fused-ring (bicyclic) bond motifs is 3. The number of nitrogens with zero attached hydrogens (tertiary/aromatic N) is 1. The van der Waals surface area contributed by atoms with E-state index < -0.39 is 0 Å². The van der Waals surface area contributed by atoms with E-state index in [9.17, 15) is 4.39 Å². The third-order valence-electron chi connectivity index (χ3n) is 5.93. The summed E-state index contributed by atoms with van der Waals surface area (Å²) in [5, 5.41) is 7.03. The van der Waals surface area contributed by atoms with Gasteiger partial charge in [0, 0.05) is 47.7 Å². The van der Waals surface area contributed by atoms with E-state index in [0.29, 0.717) is 24.1 Å². The fraction of sp³-hybridized carbons (Fsp3) is 0.429. The molecule has 4 nitrogen and oxygen atoms in total. The van der Waals surface area contributed by atoms with Gasteiger partial charge >= 0.3 is 0 Å². The molecule has 0 spiro atoms. The van der Waals surface area contributed by atoms with Gasteiger partial charge in [-0.05, 0) is 61.3 Å². The van der Waals surface area contributed by atoms with Crippen molar-refractivity contribution in [1.29, 1.82) is 0 Å². The molecular weight excluding hydrogens is 329 g/mol. The molecule has 2 aromatic carbocycles. The zero-order valence-corrected chi connectivity index (χ0v) is 15.0. The average molecular weight is 353 g/mol. The molecule has 2 atom stereocenters. The Morgan fingerprint density at radius 1 is 1.23 bits per heavy atom. The third-order valence-corrected chi connectivity index (χ3v) is 5.93. The van der Waals surface area contributed by atoms with Crippen LogP contribution in [0.15, 0.2) is 30.3 Å². The number of hydrogen-bond donors (Lipinski definition) is 2. The van der Waals surface area contributed by atoms with Crippen molar-refractivity contribution < 1.29 is 9.13 Å². The zero-order valence-electron chi connectivity index (χ0n) is 15.0. The minimum atomic E-state index is -0.170. The predicted octanol–water partition coefficient (Wildman–Crippen LogP) is 3.67. The Balaban J connectivity index is 1.55. The second kappa shape index (κ2) is 6.25. The van der Waals surface area contributed by atoms with E-state index in [4.69, 9.17) is 4.74 Å². The average Bonchev–Trinajstić information content (AvgIpc) is 2.81. The van der Waals surface area contributed by atoms with Crippen LogP contribution in [0.3, 0.4) is 0 Å². The van der Waals surface area contributed by atoms with Crippen molar-refractivity contribution in [2.75, 3.05) is 36.5 Å². The van der Waals surface area contributed by atoms with Gasteiger partial charge in [0.2, 0.25) is 0 Å². The smallest absolute Gasteiger partial charge is 0.126 e. The number of halogens is 1. The lowest BCUT2D eigenvalue weighted by Crippen LogP contribution is -2.44. The highest BCUT2D eigenvalue weighted by Gasteiger charge is 2.41. The lowest BCUT2D eigenvalue weighted by Gasteiger charge is -2.33. The van der Waals surface area contributed by atoms with E-state index in [2.05, 4.69) is 27.7 Å². The van der Waals surface area contributed by atoms with Crippen LogP contribution in [-0.2, 0) is 11.3 Å². The second-order valence-corrected chi connectivity index (χ2v) is 7.57. The fourth-order valence-corrected chi connectivity index (χ4v) is 4.75. The van der Waals surface area contributed by atoms with Gasteiger partial charge in [-0.1, -0.05) is 0 Å². The summed E-state index contributed by atoms with van der Waals surface area (Å²) >= 11 is 0. The highest BCUT2D eigenvalue weighted by atomic mass is 19.1. The number of anilines is 3. The van der Waals surface area contributed by atoms with Crippen LogP contribution in [0, 0.1) is 12.7 Å². The van der Waals surface area contributed by atoms with Gasteiger partial charge in [0.1, 0.15) is 5.82 Å². The van der Waals surface area contributed by atoms with Crippen LogP contribution in [0.4, 0.5) is 21.5 Å². The molecule has 2 aromatic rings. The van der Waals surface area contributed by atoms with Crippen molar-refractivity contribution in [3.63, 3.8) is 0 Å². The first kappa shape index (κ1) is 16.1. The quantitative estimate of drug-likeness (QED) is 0.864. The largest absolute Gasteiger partial charge is 0.375 e. The summed E-state index contributed by atoms with van der Waals surface area (Å²) in [6.07, 6.45) is 1.18. The zero-order chi connectivity index (χ0) is 17.7. The molecule has 0 radical (unpaired) electrons. The van der Waals surface area contributed by atoms with Crippen LogP contribution in [0.2, 0.25) is 0 Å². The van der Waals surface area contributed by atoms with Gasteiger partial charge in [0.15, 0.2) is 0 Å². The summed E-state index contributed by atoms with van der Waals surface area (Å²) in [6.45, 7) is 6.33. The molecule has 136 valence electrons. The molecule has 26 heavy (non-hydrogen) atoms. The van der Waals surface area contributed by atoms with Crippen molar-refractivity contribution in [2.24, 2.45) is 0 Å². The molecule has 3 heterocycles. The maximum Gasteiger partial charge on any atom is 0.126 e. The number of benzene rings is 2. The third kappa shape index (κ3) is 2.58. The number of rotatable bonds is 2. The SMILES string of the molecule is Cc1cc(Nc2cc3c4c(c2)[C@@H]2CNCC[C@@H]2N4CCOC3)ccc1F. The molecule has 1 saturated heterocycles. The lowest BCUT2D eigenvalue weighted by molar-refractivity contribution is 0.130. The number of piperidine rings is 1. The van der Waals surface area contributed by atoms with Crippen LogP contribution in [0.1, 0.15) is 29.0 Å². The molecule has 0 amide bonds. The van der Waals surface area contributed by atoms with Crippen LogP contribution >= 0.6 is 0 Å². The van der Waals surface area contributed by atoms with Crippen molar-refractivity contribution in [1.82, 2.24) is 5.32 Å². The van der Waals surface area contributed by atoms with Crippen molar-refractivity contribution >= 4 is 17.1 Å². The molecule has 0 saturated carbocycles. The van der Waals surface area contributed by atoms with E-state index >= 15 is 0 Å². The minimum absolute atomic E-state index is 0.170. The van der Waals surface area contributed by atoms with E-state index in [1.54, 1.807) is 13.0 Å². The Morgan fingerprint density at radius 3 is 3.04 bits per heavy atom. The Hall–Kier alpha value is -2.11. The maximum atomic E-state index is 13.6. The number of aryl methyl sites for hydroxylation is 1. The Labute approximate surface area is 153 Å². The standard InChI is InChI=1S/C21H24FN3O/c1-13-8-15(2-3-19(13)22)24-16-9-14-12-26-7-6-25-20-4-5-23-11-18(20)17(10-16)21(14)25/h2-3,8-10,18,20,23-24H,4-7,11-12H2,1H3/t18-,20-/m0/s1. The summed E-state index contributed by atoms with van der Waals surface area (Å²) in [6, 6.07) is 10.2. The lowest BCUT2D eigenvalue weighted by atomic mass is 9.89. The number of nitrogens with one attached hydrogen (secondary N) is 2. The molecule has 5 heteroatoms. The molecule has 0 aliphatic carbocycles.